The first kappa shape index (κ1) is 18.3. The van der Waals surface area contributed by atoms with Gasteiger partial charge in [-0.3, -0.25) is 9.59 Å². The number of carbonyl (C=O) groups excluding carboxylic acids is 1. The van der Waals surface area contributed by atoms with E-state index in [1.54, 1.807) is 6.92 Å². The Morgan fingerprint density at radius 3 is 2.62 bits per heavy atom. The highest BCUT2D eigenvalue weighted by Crippen LogP contribution is 2.36. The standard InChI is InChI=1S/C17H20F3NO3/c1-11(13-6-2-3-7-14(13)17(18,19)20)9-15(22)21-8-4-5-12(10-21)16(23)24/h2-3,6-7,11-12H,4-5,8-10H2,1H3,(H,23,24)/t11-,12+/m1/s1. The molecule has 2 rings (SSSR count). The highest BCUT2D eigenvalue weighted by Gasteiger charge is 2.35. The van der Waals surface area contributed by atoms with Gasteiger partial charge in [0.15, 0.2) is 0 Å². The number of likely N-dealkylation sites (tertiary alicyclic amines) is 1. The summed E-state index contributed by atoms with van der Waals surface area (Å²) in [7, 11) is 0. The maximum atomic E-state index is 13.1. The molecule has 1 aromatic rings. The Morgan fingerprint density at radius 2 is 2.00 bits per heavy atom. The second kappa shape index (κ2) is 7.23. The van der Waals surface area contributed by atoms with Crippen molar-refractivity contribution >= 4 is 11.9 Å². The molecule has 7 heteroatoms. The van der Waals surface area contributed by atoms with Crippen LogP contribution in [0.25, 0.3) is 0 Å². The Bertz CT molecular complexity index is 615. The van der Waals surface area contributed by atoms with E-state index in [-0.39, 0.29) is 24.4 Å². The molecule has 0 unspecified atom stereocenters. The summed E-state index contributed by atoms with van der Waals surface area (Å²) in [6, 6.07) is 5.24. The number of nitrogens with zero attached hydrogens (tertiary/aromatic N) is 1. The normalized spacial score (nSPS) is 19.8. The highest BCUT2D eigenvalue weighted by atomic mass is 19.4. The van der Waals surface area contributed by atoms with Gasteiger partial charge in [-0.1, -0.05) is 25.1 Å². The predicted octanol–water partition coefficient (Wildman–Crippen LogP) is 3.52. The summed E-state index contributed by atoms with van der Waals surface area (Å²) in [6.45, 7) is 2.17. The van der Waals surface area contributed by atoms with E-state index in [1.165, 1.54) is 23.1 Å². The van der Waals surface area contributed by atoms with Gasteiger partial charge < -0.3 is 10.0 Å². The molecular weight excluding hydrogens is 323 g/mol. The molecule has 1 fully saturated rings. The fourth-order valence-corrected chi connectivity index (χ4v) is 3.09. The van der Waals surface area contributed by atoms with Crippen LogP contribution in [0.4, 0.5) is 13.2 Å². The van der Waals surface area contributed by atoms with Crippen molar-refractivity contribution in [1.29, 1.82) is 0 Å². The fraction of sp³-hybridized carbons (Fsp3) is 0.529. The molecule has 132 valence electrons. The van der Waals surface area contributed by atoms with Gasteiger partial charge in [0.1, 0.15) is 0 Å². The number of carbonyl (C=O) groups is 2. The van der Waals surface area contributed by atoms with Crippen LogP contribution in [0.1, 0.15) is 43.2 Å². The van der Waals surface area contributed by atoms with E-state index in [4.69, 9.17) is 5.11 Å². The summed E-state index contributed by atoms with van der Waals surface area (Å²) in [5.41, 5.74) is -0.641. The average Bonchev–Trinajstić information content (AvgIpc) is 2.54. The summed E-state index contributed by atoms with van der Waals surface area (Å²) in [5.74, 6) is -2.44. The molecule has 4 nitrogen and oxygen atoms in total. The number of hydrogen-bond donors (Lipinski definition) is 1. The number of benzene rings is 1. The number of rotatable bonds is 4. The smallest absolute Gasteiger partial charge is 0.416 e. The predicted molar refractivity (Wildman–Crippen MR) is 81.4 cm³/mol. The van der Waals surface area contributed by atoms with Crippen molar-refractivity contribution < 1.29 is 27.9 Å². The lowest BCUT2D eigenvalue weighted by molar-refractivity contribution is -0.146. The summed E-state index contributed by atoms with van der Waals surface area (Å²) in [5, 5.41) is 9.06. The minimum atomic E-state index is -4.46. The lowest BCUT2D eigenvalue weighted by Crippen LogP contribution is -2.42. The largest absolute Gasteiger partial charge is 0.481 e. The van der Waals surface area contributed by atoms with Gasteiger partial charge in [0.2, 0.25) is 5.91 Å². The van der Waals surface area contributed by atoms with Crippen LogP contribution in [0.2, 0.25) is 0 Å². The van der Waals surface area contributed by atoms with Crippen LogP contribution in [0, 0.1) is 5.92 Å². The number of halogens is 3. The van der Waals surface area contributed by atoms with Crippen molar-refractivity contribution in [2.75, 3.05) is 13.1 Å². The van der Waals surface area contributed by atoms with Crippen molar-refractivity contribution in [3.05, 3.63) is 35.4 Å². The maximum Gasteiger partial charge on any atom is 0.416 e. The van der Waals surface area contributed by atoms with Gasteiger partial charge in [-0.2, -0.15) is 13.2 Å². The van der Waals surface area contributed by atoms with Gasteiger partial charge in [0, 0.05) is 19.5 Å². The minimum absolute atomic E-state index is 0.0700. The number of amides is 1. The zero-order valence-corrected chi connectivity index (χ0v) is 13.3. The van der Waals surface area contributed by atoms with Gasteiger partial charge in [-0.25, -0.2) is 0 Å². The first-order valence-corrected chi connectivity index (χ1v) is 7.87. The van der Waals surface area contributed by atoms with E-state index in [0.717, 1.165) is 6.07 Å². The third kappa shape index (κ3) is 4.27. The van der Waals surface area contributed by atoms with Gasteiger partial charge in [-0.05, 0) is 30.4 Å². The molecule has 24 heavy (non-hydrogen) atoms. The fourth-order valence-electron chi connectivity index (χ4n) is 3.09. The molecule has 0 bridgehead atoms. The summed E-state index contributed by atoms with van der Waals surface area (Å²) in [6.07, 6.45) is -3.42. The maximum absolute atomic E-state index is 13.1. The van der Waals surface area contributed by atoms with Crippen LogP contribution < -0.4 is 0 Å². The van der Waals surface area contributed by atoms with E-state index >= 15 is 0 Å². The second-order valence-corrected chi connectivity index (χ2v) is 6.21. The molecule has 1 saturated heterocycles. The first-order chi connectivity index (χ1) is 11.2. The van der Waals surface area contributed by atoms with Gasteiger partial charge in [0.05, 0.1) is 11.5 Å². The van der Waals surface area contributed by atoms with E-state index in [0.29, 0.717) is 19.4 Å². The van der Waals surface area contributed by atoms with Gasteiger partial charge >= 0.3 is 12.1 Å². The number of carboxylic acid groups (broad SMARTS) is 1. The van der Waals surface area contributed by atoms with E-state index in [9.17, 15) is 22.8 Å². The Labute approximate surface area is 138 Å². The lowest BCUT2D eigenvalue weighted by atomic mass is 9.91. The van der Waals surface area contributed by atoms with Crippen LogP contribution in [-0.2, 0) is 15.8 Å². The third-order valence-electron chi connectivity index (χ3n) is 4.40. The van der Waals surface area contributed by atoms with E-state index in [2.05, 4.69) is 0 Å². The first-order valence-electron chi connectivity index (χ1n) is 7.87. The Hall–Kier alpha value is -2.05. The number of hydrogen-bond acceptors (Lipinski definition) is 2. The molecule has 1 aliphatic heterocycles. The molecule has 0 aliphatic carbocycles. The zero-order valence-electron chi connectivity index (χ0n) is 13.3. The number of piperidine rings is 1. The summed E-state index contributed by atoms with van der Waals surface area (Å²) < 4.78 is 39.2. The molecule has 0 radical (unpaired) electrons. The number of carboxylic acids is 1. The zero-order chi connectivity index (χ0) is 17.9. The Morgan fingerprint density at radius 1 is 1.33 bits per heavy atom. The third-order valence-corrected chi connectivity index (χ3v) is 4.40. The summed E-state index contributed by atoms with van der Waals surface area (Å²) in [4.78, 5) is 24.9. The van der Waals surface area contributed by atoms with Crippen molar-refractivity contribution in [3.8, 4) is 0 Å². The topological polar surface area (TPSA) is 57.6 Å². The van der Waals surface area contributed by atoms with Crippen LogP contribution in [0.3, 0.4) is 0 Å². The lowest BCUT2D eigenvalue weighted by Gasteiger charge is -2.31. The monoisotopic (exact) mass is 343 g/mol. The van der Waals surface area contributed by atoms with Crippen LogP contribution in [-0.4, -0.2) is 35.0 Å². The van der Waals surface area contributed by atoms with Crippen molar-refractivity contribution in [3.63, 3.8) is 0 Å². The Balaban J connectivity index is 2.08. The Kier molecular flexibility index (Phi) is 5.51. The molecular formula is C17H20F3NO3. The molecule has 1 aromatic carbocycles. The van der Waals surface area contributed by atoms with Crippen molar-refractivity contribution in [1.82, 2.24) is 4.90 Å². The highest BCUT2D eigenvalue weighted by molar-refractivity contribution is 5.78. The van der Waals surface area contributed by atoms with Gasteiger partial charge in [-0.15, -0.1) is 0 Å². The molecule has 0 saturated carbocycles. The van der Waals surface area contributed by atoms with E-state index < -0.39 is 29.5 Å². The van der Waals surface area contributed by atoms with Crippen LogP contribution in [0.15, 0.2) is 24.3 Å². The SMILES string of the molecule is C[C@H](CC(=O)N1CCC[C@H](C(=O)O)C1)c1ccccc1C(F)(F)F. The summed E-state index contributed by atoms with van der Waals surface area (Å²) >= 11 is 0. The second-order valence-electron chi connectivity index (χ2n) is 6.21. The molecule has 1 N–H and O–H groups in total. The molecule has 2 atom stereocenters. The molecule has 1 amide bonds. The quantitative estimate of drug-likeness (QED) is 0.910. The van der Waals surface area contributed by atoms with Gasteiger partial charge in [0.25, 0.3) is 0 Å². The molecule has 1 heterocycles. The van der Waals surface area contributed by atoms with Crippen molar-refractivity contribution in [2.24, 2.45) is 5.92 Å². The van der Waals surface area contributed by atoms with Crippen LogP contribution in [0.5, 0.6) is 0 Å². The number of alkyl halides is 3. The number of aliphatic carboxylic acids is 1. The molecule has 1 aliphatic rings. The molecule has 0 spiro atoms. The van der Waals surface area contributed by atoms with Crippen LogP contribution >= 0.6 is 0 Å². The molecule has 0 aromatic heterocycles. The average molecular weight is 343 g/mol. The van der Waals surface area contributed by atoms with Crippen molar-refractivity contribution in [2.45, 2.75) is 38.3 Å². The van der Waals surface area contributed by atoms with E-state index in [1.807, 2.05) is 0 Å². The minimum Gasteiger partial charge on any atom is -0.481 e.